The Kier molecular flexibility index (Phi) is 5.80. The summed E-state index contributed by atoms with van der Waals surface area (Å²) < 4.78 is 1.83. The van der Waals surface area contributed by atoms with E-state index in [4.69, 9.17) is 0 Å². The van der Waals surface area contributed by atoms with Crippen molar-refractivity contribution in [1.82, 2.24) is 20.0 Å². The molecule has 3 rings (SSSR count). The summed E-state index contributed by atoms with van der Waals surface area (Å²) in [5.41, 5.74) is 2.58. The second-order valence-electron chi connectivity index (χ2n) is 5.75. The van der Waals surface area contributed by atoms with Gasteiger partial charge < -0.3 is 10.2 Å². The van der Waals surface area contributed by atoms with Gasteiger partial charge in [-0.3, -0.25) is 4.79 Å². The van der Waals surface area contributed by atoms with Gasteiger partial charge in [0, 0.05) is 19.1 Å². The fourth-order valence-electron chi connectivity index (χ4n) is 2.99. The van der Waals surface area contributed by atoms with Gasteiger partial charge in [-0.1, -0.05) is 18.2 Å². The first kappa shape index (κ1) is 17.5. The predicted molar refractivity (Wildman–Crippen MR) is 93.5 cm³/mol. The van der Waals surface area contributed by atoms with Crippen LogP contribution in [0.3, 0.4) is 0 Å². The van der Waals surface area contributed by atoms with Crippen LogP contribution in [-0.4, -0.2) is 46.8 Å². The van der Waals surface area contributed by atoms with E-state index in [1.807, 2.05) is 53.9 Å². The van der Waals surface area contributed by atoms with Crippen LogP contribution in [0.25, 0.3) is 5.69 Å². The van der Waals surface area contributed by atoms with Gasteiger partial charge in [0.1, 0.15) is 0 Å². The topological polar surface area (TPSA) is 50.2 Å². The number of halogens is 1. The van der Waals surface area contributed by atoms with Crippen molar-refractivity contribution in [3.63, 3.8) is 0 Å². The highest BCUT2D eigenvalue weighted by molar-refractivity contribution is 5.95. The second-order valence-corrected chi connectivity index (χ2v) is 5.75. The van der Waals surface area contributed by atoms with E-state index in [-0.39, 0.29) is 18.3 Å². The molecule has 0 saturated carbocycles. The number of aromatic nitrogens is 2. The number of likely N-dealkylation sites (tertiary alicyclic amines) is 1. The largest absolute Gasteiger partial charge is 0.338 e. The van der Waals surface area contributed by atoms with Gasteiger partial charge in [-0.25, -0.2) is 4.68 Å². The highest BCUT2D eigenvalue weighted by atomic mass is 35.5. The Balaban J connectivity index is 0.00000192. The summed E-state index contributed by atoms with van der Waals surface area (Å²) in [7, 11) is 1.98. The van der Waals surface area contributed by atoms with Gasteiger partial charge in [-0.2, -0.15) is 5.10 Å². The number of hydrogen-bond acceptors (Lipinski definition) is 3. The van der Waals surface area contributed by atoms with Crippen molar-refractivity contribution < 1.29 is 4.79 Å². The third kappa shape index (κ3) is 3.57. The second kappa shape index (κ2) is 7.62. The predicted octanol–water partition coefficient (Wildman–Crippen LogP) is 2.43. The van der Waals surface area contributed by atoms with Crippen molar-refractivity contribution in [1.29, 1.82) is 0 Å². The summed E-state index contributed by atoms with van der Waals surface area (Å²) in [5.74, 6) is 0.0919. The number of benzene rings is 1. The molecule has 1 aromatic carbocycles. The van der Waals surface area contributed by atoms with E-state index < -0.39 is 0 Å². The molecule has 1 aliphatic heterocycles. The molecule has 0 aliphatic carbocycles. The average molecular weight is 335 g/mol. The number of nitrogens with one attached hydrogen (secondary N) is 1. The Morgan fingerprint density at radius 1 is 1.22 bits per heavy atom. The van der Waals surface area contributed by atoms with Crippen LogP contribution in [0.2, 0.25) is 0 Å². The van der Waals surface area contributed by atoms with E-state index in [0.717, 1.165) is 37.3 Å². The molecule has 6 heteroatoms. The number of hydrogen-bond donors (Lipinski definition) is 1. The van der Waals surface area contributed by atoms with E-state index >= 15 is 0 Å². The molecule has 1 saturated heterocycles. The smallest absolute Gasteiger partial charge is 0.257 e. The normalized spacial score (nSPS) is 15.3. The minimum Gasteiger partial charge on any atom is -0.338 e. The Bertz CT molecular complexity index is 648. The van der Waals surface area contributed by atoms with Crippen LogP contribution >= 0.6 is 12.4 Å². The van der Waals surface area contributed by atoms with Crippen molar-refractivity contribution in [2.45, 2.75) is 25.8 Å². The summed E-state index contributed by atoms with van der Waals surface area (Å²) in [6.07, 6.45) is 3.71. The molecule has 0 radical (unpaired) electrons. The summed E-state index contributed by atoms with van der Waals surface area (Å²) in [6, 6.07) is 10.4. The van der Waals surface area contributed by atoms with Crippen molar-refractivity contribution in [2.75, 3.05) is 20.1 Å². The van der Waals surface area contributed by atoms with Crippen molar-refractivity contribution in [3.05, 3.63) is 47.8 Å². The number of carbonyl (C=O) groups excluding carboxylic acids is 1. The zero-order valence-electron chi connectivity index (χ0n) is 13.5. The molecule has 0 unspecified atom stereocenters. The van der Waals surface area contributed by atoms with E-state index in [2.05, 4.69) is 10.4 Å². The first-order valence-corrected chi connectivity index (χ1v) is 7.77. The van der Waals surface area contributed by atoms with Crippen LogP contribution in [0.5, 0.6) is 0 Å². The number of piperidine rings is 1. The molecular formula is C17H23ClN4O. The Hall–Kier alpha value is -1.85. The molecular weight excluding hydrogens is 312 g/mol. The lowest BCUT2D eigenvalue weighted by Crippen LogP contribution is -2.44. The third-order valence-corrected chi connectivity index (χ3v) is 4.43. The summed E-state index contributed by atoms with van der Waals surface area (Å²) >= 11 is 0. The van der Waals surface area contributed by atoms with Gasteiger partial charge in [-0.15, -0.1) is 12.4 Å². The molecule has 1 aromatic heterocycles. The van der Waals surface area contributed by atoms with Crippen molar-refractivity contribution in [2.24, 2.45) is 0 Å². The minimum atomic E-state index is 0. The highest BCUT2D eigenvalue weighted by Crippen LogP contribution is 2.18. The molecule has 1 N–H and O–H groups in total. The lowest BCUT2D eigenvalue weighted by atomic mass is 10.0. The summed E-state index contributed by atoms with van der Waals surface area (Å²) in [4.78, 5) is 14.7. The monoisotopic (exact) mass is 334 g/mol. The van der Waals surface area contributed by atoms with Crippen LogP contribution in [0.4, 0.5) is 0 Å². The lowest BCUT2D eigenvalue weighted by Gasteiger charge is -2.31. The minimum absolute atomic E-state index is 0. The van der Waals surface area contributed by atoms with E-state index in [1.165, 1.54) is 0 Å². The van der Waals surface area contributed by atoms with E-state index in [9.17, 15) is 4.79 Å². The van der Waals surface area contributed by atoms with Crippen LogP contribution in [0.1, 0.15) is 28.9 Å². The van der Waals surface area contributed by atoms with Crippen molar-refractivity contribution >= 4 is 18.3 Å². The first-order chi connectivity index (χ1) is 10.7. The number of rotatable bonds is 3. The lowest BCUT2D eigenvalue weighted by molar-refractivity contribution is 0.0706. The molecule has 2 aromatic rings. The molecule has 23 heavy (non-hydrogen) atoms. The SMILES string of the molecule is CNC1CCN(C(=O)c2cnn(-c3ccccc3)c2C)CC1.Cl. The Morgan fingerprint density at radius 3 is 2.48 bits per heavy atom. The molecule has 1 aliphatic rings. The maximum atomic E-state index is 12.7. The Labute approximate surface area is 143 Å². The zero-order chi connectivity index (χ0) is 15.5. The molecule has 5 nitrogen and oxygen atoms in total. The standard InChI is InChI=1S/C17H22N4O.ClH/c1-13-16(12-19-21(13)15-6-4-3-5-7-15)17(22)20-10-8-14(18-2)9-11-20;/h3-7,12,14,18H,8-11H2,1-2H3;1H. The first-order valence-electron chi connectivity index (χ1n) is 7.77. The highest BCUT2D eigenvalue weighted by Gasteiger charge is 2.25. The molecule has 0 spiro atoms. The fraction of sp³-hybridized carbons (Fsp3) is 0.412. The summed E-state index contributed by atoms with van der Waals surface area (Å²) in [5, 5.41) is 7.68. The molecule has 1 amide bonds. The molecule has 2 heterocycles. The summed E-state index contributed by atoms with van der Waals surface area (Å²) in [6.45, 7) is 3.56. The van der Waals surface area contributed by atoms with Gasteiger partial charge in [0.05, 0.1) is 23.1 Å². The zero-order valence-corrected chi connectivity index (χ0v) is 14.3. The molecule has 124 valence electrons. The van der Waals surface area contributed by atoms with Gasteiger partial charge >= 0.3 is 0 Å². The van der Waals surface area contributed by atoms with E-state index in [0.29, 0.717) is 11.6 Å². The molecule has 1 fully saturated rings. The van der Waals surface area contributed by atoms with Gasteiger partial charge in [-0.05, 0) is 38.9 Å². The average Bonchev–Trinajstić information content (AvgIpc) is 2.96. The van der Waals surface area contributed by atoms with Crippen LogP contribution in [0, 0.1) is 6.92 Å². The Morgan fingerprint density at radius 2 is 1.87 bits per heavy atom. The quantitative estimate of drug-likeness (QED) is 0.938. The molecule has 0 atom stereocenters. The van der Waals surface area contributed by atoms with Crippen LogP contribution < -0.4 is 5.32 Å². The number of amides is 1. The maximum Gasteiger partial charge on any atom is 0.257 e. The van der Waals surface area contributed by atoms with Gasteiger partial charge in [0.25, 0.3) is 5.91 Å². The number of carbonyl (C=O) groups is 1. The van der Waals surface area contributed by atoms with Crippen molar-refractivity contribution in [3.8, 4) is 5.69 Å². The third-order valence-electron chi connectivity index (χ3n) is 4.43. The maximum absolute atomic E-state index is 12.7. The van der Waals surface area contributed by atoms with Gasteiger partial charge in [0.2, 0.25) is 0 Å². The van der Waals surface area contributed by atoms with Crippen LogP contribution in [-0.2, 0) is 0 Å². The van der Waals surface area contributed by atoms with Gasteiger partial charge in [0.15, 0.2) is 0 Å². The number of para-hydroxylation sites is 1. The van der Waals surface area contributed by atoms with Crippen LogP contribution in [0.15, 0.2) is 36.5 Å². The fourth-order valence-corrected chi connectivity index (χ4v) is 2.99. The number of nitrogens with zero attached hydrogens (tertiary/aromatic N) is 3. The van der Waals surface area contributed by atoms with E-state index in [1.54, 1.807) is 6.20 Å². The molecule has 0 bridgehead atoms.